The van der Waals surface area contributed by atoms with E-state index in [9.17, 15) is 4.79 Å². The molecule has 0 fully saturated rings. The maximum atomic E-state index is 11.9. The molecule has 3 rings (SSSR count). The van der Waals surface area contributed by atoms with Crippen molar-refractivity contribution in [1.29, 1.82) is 0 Å². The van der Waals surface area contributed by atoms with Crippen LogP contribution in [0.4, 0.5) is 5.69 Å². The van der Waals surface area contributed by atoms with E-state index in [0.717, 1.165) is 16.5 Å². The molecule has 6 nitrogen and oxygen atoms in total. The summed E-state index contributed by atoms with van der Waals surface area (Å²) in [7, 11) is 0. The first-order valence-corrected chi connectivity index (χ1v) is 8.12. The van der Waals surface area contributed by atoms with E-state index < -0.39 is 0 Å². The number of carbonyl (C=O) groups is 1. The number of amides is 1. The van der Waals surface area contributed by atoms with Crippen molar-refractivity contribution in [2.45, 2.75) is 10.9 Å². The van der Waals surface area contributed by atoms with E-state index in [1.165, 1.54) is 6.33 Å². The second kappa shape index (κ2) is 6.80. The van der Waals surface area contributed by atoms with Gasteiger partial charge in [0.05, 0.1) is 0 Å². The highest BCUT2D eigenvalue weighted by Gasteiger charge is 2.10. The Balaban J connectivity index is 1.58. The molecule has 1 aromatic carbocycles. The predicted molar refractivity (Wildman–Crippen MR) is 86.7 cm³/mol. The lowest BCUT2D eigenvalue weighted by Crippen LogP contribution is -2.10. The number of nitrogens with zero attached hydrogens (tertiary/aromatic N) is 2. The second-order valence-electron chi connectivity index (χ2n) is 4.33. The molecule has 0 saturated carbocycles. The minimum Gasteiger partial charge on any atom is -0.444 e. The van der Waals surface area contributed by atoms with E-state index in [1.54, 1.807) is 23.9 Å². The summed E-state index contributed by atoms with van der Waals surface area (Å²) < 4.78 is 5.73. The number of furan rings is 1. The number of benzene rings is 1. The summed E-state index contributed by atoms with van der Waals surface area (Å²) in [5, 5.41) is 10.1. The number of halogens is 1. The molecule has 0 saturated heterocycles. The van der Waals surface area contributed by atoms with Crippen LogP contribution >= 0.6 is 27.7 Å². The topological polar surface area (TPSA) is 83.8 Å². The Bertz CT molecular complexity index is 756. The maximum Gasteiger partial charge on any atom is 0.291 e. The fraction of sp³-hybridized carbons (Fsp3) is 0.0714. The third kappa shape index (κ3) is 3.77. The maximum absolute atomic E-state index is 11.9. The Hall–Kier alpha value is -2.06. The largest absolute Gasteiger partial charge is 0.444 e. The fourth-order valence-corrected chi connectivity index (χ4v) is 2.77. The summed E-state index contributed by atoms with van der Waals surface area (Å²) in [6.45, 7) is 0. The van der Waals surface area contributed by atoms with Crippen LogP contribution in [0.2, 0.25) is 0 Å². The Morgan fingerprint density at radius 3 is 2.73 bits per heavy atom. The van der Waals surface area contributed by atoms with Crippen LogP contribution in [-0.2, 0) is 5.75 Å². The van der Waals surface area contributed by atoms with Gasteiger partial charge in [-0.3, -0.25) is 9.89 Å². The van der Waals surface area contributed by atoms with Crippen molar-refractivity contribution >= 4 is 39.3 Å². The van der Waals surface area contributed by atoms with E-state index in [-0.39, 0.29) is 11.7 Å². The molecule has 0 aliphatic carbocycles. The molecule has 2 N–H and O–H groups in total. The summed E-state index contributed by atoms with van der Waals surface area (Å²) in [6.07, 6.45) is 1.48. The first-order chi connectivity index (χ1) is 10.7. The zero-order valence-corrected chi connectivity index (χ0v) is 13.6. The van der Waals surface area contributed by atoms with E-state index in [4.69, 9.17) is 4.42 Å². The molecule has 22 heavy (non-hydrogen) atoms. The third-order valence-corrected chi connectivity index (χ3v) is 4.15. The highest BCUT2D eigenvalue weighted by Crippen LogP contribution is 2.20. The molecule has 0 aliphatic rings. The van der Waals surface area contributed by atoms with Gasteiger partial charge in [-0.25, -0.2) is 4.98 Å². The van der Waals surface area contributed by atoms with Gasteiger partial charge in [-0.1, -0.05) is 23.9 Å². The van der Waals surface area contributed by atoms with Crippen LogP contribution in [0.25, 0.3) is 0 Å². The molecule has 0 atom stereocenters. The van der Waals surface area contributed by atoms with Gasteiger partial charge in [0.15, 0.2) is 15.6 Å². The lowest BCUT2D eigenvalue weighted by Gasteiger charge is -2.04. The number of thioether (sulfide) groups is 1. The number of aromatic amines is 1. The number of anilines is 1. The second-order valence-corrected chi connectivity index (χ2v) is 6.08. The van der Waals surface area contributed by atoms with Crippen LogP contribution in [0.3, 0.4) is 0 Å². The minimum atomic E-state index is -0.283. The predicted octanol–water partition coefficient (Wildman–Crippen LogP) is 3.70. The van der Waals surface area contributed by atoms with Crippen LogP contribution in [-0.4, -0.2) is 21.1 Å². The summed E-state index contributed by atoms with van der Waals surface area (Å²) in [5.41, 5.74) is 1.84. The molecule has 2 heterocycles. The van der Waals surface area contributed by atoms with Gasteiger partial charge < -0.3 is 9.73 Å². The normalized spacial score (nSPS) is 10.6. The number of carbonyl (C=O) groups excluding carboxylic acids is 1. The van der Waals surface area contributed by atoms with Crippen LogP contribution in [0.15, 0.2) is 57.0 Å². The highest BCUT2D eigenvalue weighted by molar-refractivity contribution is 9.10. The number of H-pyrrole nitrogens is 1. The zero-order chi connectivity index (χ0) is 15.4. The van der Waals surface area contributed by atoms with E-state index >= 15 is 0 Å². The lowest BCUT2D eigenvalue weighted by molar-refractivity contribution is 0.0995. The first kappa shape index (κ1) is 14.9. The number of rotatable bonds is 5. The molecule has 0 unspecified atom stereocenters. The molecular weight excluding hydrogens is 368 g/mol. The van der Waals surface area contributed by atoms with Crippen LogP contribution in [0.1, 0.15) is 16.1 Å². The van der Waals surface area contributed by atoms with Crippen molar-refractivity contribution in [2.24, 2.45) is 0 Å². The Kier molecular flexibility index (Phi) is 4.59. The quantitative estimate of drug-likeness (QED) is 0.661. The summed E-state index contributed by atoms with van der Waals surface area (Å²) in [4.78, 5) is 16.0. The van der Waals surface area contributed by atoms with E-state index in [2.05, 4.69) is 36.4 Å². The zero-order valence-electron chi connectivity index (χ0n) is 11.2. The number of aromatic nitrogens is 3. The SMILES string of the molecule is O=C(Nc1ccc(CSc2ncn[nH]2)cc1)c1ccc(Br)o1. The molecule has 0 bridgehead atoms. The molecule has 8 heteroatoms. The van der Waals surface area contributed by atoms with Gasteiger partial charge in [0.1, 0.15) is 6.33 Å². The van der Waals surface area contributed by atoms with Gasteiger partial charge in [0, 0.05) is 11.4 Å². The average molecular weight is 379 g/mol. The Morgan fingerprint density at radius 2 is 2.09 bits per heavy atom. The van der Waals surface area contributed by atoms with Gasteiger partial charge in [-0.05, 0) is 45.8 Å². The highest BCUT2D eigenvalue weighted by atomic mass is 79.9. The average Bonchev–Trinajstić information content (AvgIpc) is 3.18. The summed E-state index contributed by atoms with van der Waals surface area (Å²) >= 11 is 4.73. The van der Waals surface area contributed by atoms with Crippen LogP contribution < -0.4 is 5.32 Å². The summed E-state index contributed by atoms with van der Waals surface area (Å²) in [5.74, 6) is 0.750. The van der Waals surface area contributed by atoms with Crippen molar-refractivity contribution in [3.8, 4) is 0 Å². The summed E-state index contributed by atoms with van der Waals surface area (Å²) in [6, 6.07) is 10.9. The monoisotopic (exact) mass is 378 g/mol. The first-order valence-electron chi connectivity index (χ1n) is 6.34. The molecule has 0 radical (unpaired) electrons. The third-order valence-electron chi connectivity index (χ3n) is 2.78. The molecule has 0 aliphatic heterocycles. The van der Waals surface area contributed by atoms with Gasteiger partial charge >= 0.3 is 0 Å². The van der Waals surface area contributed by atoms with Gasteiger partial charge in [-0.15, -0.1) is 0 Å². The molecule has 1 amide bonds. The van der Waals surface area contributed by atoms with Crippen molar-refractivity contribution in [3.05, 3.63) is 58.7 Å². The van der Waals surface area contributed by atoms with Gasteiger partial charge in [0.25, 0.3) is 5.91 Å². The molecule has 3 aromatic rings. The minimum absolute atomic E-state index is 0.261. The molecule has 2 aromatic heterocycles. The Morgan fingerprint density at radius 1 is 1.27 bits per heavy atom. The van der Waals surface area contributed by atoms with Crippen molar-refractivity contribution in [3.63, 3.8) is 0 Å². The van der Waals surface area contributed by atoms with Crippen molar-refractivity contribution in [1.82, 2.24) is 15.2 Å². The Labute approximate surface area is 138 Å². The van der Waals surface area contributed by atoms with E-state index in [0.29, 0.717) is 10.4 Å². The van der Waals surface area contributed by atoms with Gasteiger partial charge in [0.2, 0.25) is 0 Å². The molecular formula is C14H11BrN4O2S. The number of nitrogens with one attached hydrogen (secondary N) is 2. The van der Waals surface area contributed by atoms with Crippen molar-refractivity contribution < 1.29 is 9.21 Å². The smallest absolute Gasteiger partial charge is 0.291 e. The van der Waals surface area contributed by atoms with Gasteiger partial charge in [-0.2, -0.15) is 5.10 Å². The van der Waals surface area contributed by atoms with Crippen LogP contribution in [0.5, 0.6) is 0 Å². The van der Waals surface area contributed by atoms with Crippen LogP contribution in [0, 0.1) is 0 Å². The van der Waals surface area contributed by atoms with E-state index in [1.807, 2.05) is 24.3 Å². The number of hydrogen-bond acceptors (Lipinski definition) is 5. The standard InChI is InChI=1S/C14H11BrN4O2S/c15-12-6-5-11(21-12)13(20)18-10-3-1-9(2-4-10)7-22-14-16-8-17-19-14/h1-6,8H,7H2,(H,18,20)(H,16,17,19). The lowest BCUT2D eigenvalue weighted by atomic mass is 10.2. The molecule has 0 spiro atoms. The van der Waals surface area contributed by atoms with Crippen molar-refractivity contribution in [2.75, 3.05) is 5.32 Å². The number of hydrogen-bond donors (Lipinski definition) is 2. The fourth-order valence-electron chi connectivity index (χ4n) is 1.73. The molecule has 112 valence electrons.